The first-order chi connectivity index (χ1) is 13.1. The van der Waals surface area contributed by atoms with Gasteiger partial charge in [0.1, 0.15) is 5.65 Å². The molecule has 1 amide bonds. The number of carbonyl (C=O) groups excluding carboxylic acids is 1. The first-order valence-corrected chi connectivity index (χ1v) is 10.2. The van der Waals surface area contributed by atoms with Gasteiger partial charge in [-0.1, -0.05) is 6.92 Å². The van der Waals surface area contributed by atoms with Crippen molar-refractivity contribution in [1.82, 2.24) is 29.4 Å². The molecule has 0 radical (unpaired) electrons. The molecule has 1 atom stereocenters. The number of amides is 1. The average Bonchev–Trinajstić information content (AvgIpc) is 3.32. The summed E-state index contributed by atoms with van der Waals surface area (Å²) in [4.78, 5) is 19.5. The molecule has 1 aliphatic heterocycles. The van der Waals surface area contributed by atoms with E-state index in [4.69, 9.17) is 0 Å². The minimum Gasteiger partial charge on any atom is -0.359 e. The fourth-order valence-electron chi connectivity index (χ4n) is 3.60. The van der Waals surface area contributed by atoms with E-state index >= 15 is 0 Å². The van der Waals surface area contributed by atoms with Crippen molar-refractivity contribution < 1.29 is 9.00 Å². The maximum Gasteiger partial charge on any atom is 0.222 e. The van der Waals surface area contributed by atoms with E-state index in [1.165, 1.54) is 0 Å². The molecule has 142 valence electrons. The predicted molar refractivity (Wildman–Crippen MR) is 104 cm³/mol. The van der Waals surface area contributed by atoms with Crippen LogP contribution >= 0.6 is 0 Å². The Bertz CT molecular complexity index is 1000. The molecular formula is C18H22N6O2S. The van der Waals surface area contributed by atoms with Crippen LogP contribution in [0.25, 0.3) is 22.2 Å². The molecule has 2 N–H and O–H groups in total. The number of fused-ring (bicyclic) bond motifs is 1. The third-order valence-electron chi connectivity index (χ3n) is 5.08. The molecule has 9 heteroatoms. The van der Waals surface area contributed by atoms with E-state index in [9.17, 15) is 9.00 Å². The molecule has 4 rings (SSSR count). The quantitative estimate of drug-likeness (QED) is 0.667. The van der Waals surface area contributed by atoms with E-state index < -0.39 is 16.5 Å². The minimum atomic E-state index is -1.02. The Morgan fingerprint density at radius 2 is 2.22 bits per heavy atom. The number of nitrogens with zero attached hydrogens (tertiary/aromatic N) is 4. The van der Waals surface area contributed by atoms with Gasteiger partial charge in [-0.3, -0.25) is 9.48 Å². The summed E-state index contributed by atoms with van der Waals surface area (Å²) in [6.45, 7) is 2.97. The number of carbonyl (C=O) groups is 1. The Morgan fingerprint density at radius 3 is 2.96 bits per heavy atom. The molecule has 0 saturated carbocycles. The maximum atomic E-state index is 12.1. The zero-order valence-corrected chi connectivity index (χ0v) is 16.1. The Labute approximate surface area is 159 Å². The van der Waals surface area contributed by atoms with Crippen molar-refractivity contribution in [3.05, 3.63) is 36.9 Å². The molecule has 1 saturated heterocycles. The summed E-state index contributed by atoms with van der Waals surface area (Å²) >= 11 is 0. The molecule has 4 heterocycles. The Morgan fingerprint density at radius 1 is 1.41 bits per heavy atom. The molecule has 0 spiro atoms. The van der Waals surface area contributed by atoms with Gasteiger partial charge in [-0.15, -0.1) is 0 Å². The molecule has 0 aromatic carbocycles. The normalized spacial score (nSPS) is 17.6. The van der Waals surface area contributed by atoms with Crippen LogP contribution in [0.5, 0.6) is 0 Å². The third-order valence-corrected chi connectivity index (χ3v) is 6.41. The van der Waals surface area contributed by atoms with Crippen molar-refractivity contribution in [2.24, 2.45) is 0 Å². The van der Waals surface area contributed by atoms with Gasteiger partial charge in [0, 0.05) is 55.4 Å². The summed E-state index contributed by atoms with van der Waals surface area (Å²) in [5.41, 5.74) is 2.35. The van der Waals surface area contributed by atoms with Gasteiger partial charge in [0.25, 0.3) is 0 Å². The van der Waals surface area contributed by atoms with E-state index in [1.807, 2.05) is 46.6 Å². The largest absolute Gasteiger partial charge is 0.359 e. The van der Waals surface area contributed by atoms with Crippen LogP contribution < -0.4 is 5.32 Å². The summed E-state index contributed by atoms with van der Waals surface area (Å²) in [6.07, 6.45) is 7.71. The molecule has 1 fully saturated rings. The smallest absolute Gasteiger partial charge is 0.222 e. The molecule has 1 aliphatic rings. The second-order valence-electron chi connectivity index (χ2n) is 6.75. The highest BCUT2D eigenvalue weighted by Crippen LogP contribution is 2.35. The van der Waals surface area contributed by atoms with Gasteiger partial charge in [0.15, 0.2) is 0 Å². The highest BCUT2D eigenvalue weighted by Gasteiger charge is 2.48. The maximum absolute atomic E-state index is 12.1. The van der Waals surface area contributed by atoms with E-state index in [0.29, 0.717) is 25.3 Å². The van der Waals surface area contributed by atoms with E-state index in [1.54, 1.807) is 13.2 Å². The molecule has 3 aromatic rings. The van der Waals surface area contributed by atoms with Crippen LogP contribution in [0, 0.1) is 0 Å². The highest BCUT2D eigenvalue weighted by molar-refractivity contribution is 7.82. The second-order valence-corrected chi connectivity index (χ2v) is 8.49. The van der Waals surface area contributed by atoms with Gasteiger partial charge >= 0.3 is 0 Å². The van der Waals surface area contributed by atoms with Gasteiger partial charge in [-0.05, 0) is 17.7 Å². The monoisotopic (exact) mass is 386 g/mol. The summed E-state index contributed by atoms with van der Waals surface area (Å²) in [5, 5.41) is 8.28. The molecule has 27 heavy (non-hydrogen) atoms. The van der Waals surface area contributed by atoms with Gasteiger partial charge in [-0.2, -0.15) is 5.10 Å². The number of hydrogen-bond acceptors (Lipinski definition) is 4. The summed E-state index contributed by atoms with van der Waals surface area (Å²) in [7, 11) is 0.613. The van der Waals surface area contributed by atoms with Crippen LogP contribution in [-0.4, -0.2) is 60.1 Å². The molecule has 3 aromatic heterocycles. The van der Waals surface area contributed by atoms with Crippen molar-refractivity contribution in [1.29, 1.82) is 0 Å². The topological polar surface area (TPSA) is 95.9 Å². The van der Waals surface area contributed by atoms with Crippen molar-refractivity contribution in [2.75, 3.05) is 25.9 Å². The first kappa shape index (κ1) is 17.9. The Kier molecular flexibility index (Phi) is 4.56. The lowest BCUT2D eigenvalue weighted by atomic mass is 9.88. The molecular weight excluding hydrogens is 364 g/mol. The van der Waals surface area contributed by atoms with Crippen molar-refractivity contribution >= 4 is 27.9 Å². The number of aromatic nitrogens is 4. The predicted octanol–water partition coefficient (Wildman–Crippen LogP) is 1.26. The Hall–Kier alpha value is -2.52. The standard InChI is InChI=1S/C18H22N6O2S/c1-3-27(26)23-11-18(12-23,8-16(25)19-2)24-10-13(9-22-24)14-4-6-20-17-15(14)5-7-21-17/h4-7,9-10H,3,8,11-12H2,1-2H3,(H,19,25)(H,20,21). The molecule has 1 unspecified atom stereocenters. The van der Waals surface area contributed by atoms with Crippen molar-refractivity contribution in [2.45, 2.75) is 18.9 Å². The van der Waals surface area contributed by atoms with Crippen LogP contribution in [0.4, 0.5) is 0 Å². The van der Waals surface area contributed by atoms with Crippen molar-refractivity contribution in [3.63, 3.8) is 0 Å². The first-order valence-electron chi connectivity index (χ1n) is 8.88. The summed E-state index contributed by atoms with van der Waals surface area (Å²) in [6, 6.07) is 3.95. The van der Waals surface area contributed by atoms with Crippen LogP contribution in [0.1, 0.15) is 13.3 Å². The van der Waals surface area contributed by atoms with Crippen LogP contribution in [0.15, 0.2) is 36.9 Å². The summed E-state index contributed by atoms with van der Waals surface area (Å²) in [5.74, 6) is 0.522. The van der Waals surface area contributed by atoms with E-state index in [2.05, 4.69) is 20.4 Å². The molecule has 8 nitrogen and oxygen atoms in total. The second kappa shape index (κ2) is 6.90. The lowest BCUT2D eigenvalue weighted by Gasteiger charge is -2.48. The number of pyridine rings is 1. The number of aromatic amines is 1. The number of rotatable bonds is 6. The van der Waals surface area contributed by atoms with Crippen LogP contribution in [0.3, 0.4) is 0 Å². The number of nitrogens with one attached hydrogen (secondary N) is 2. The van der Waals surface area contributed by atoms with E-state index in [0.717, 1.165) is 22.2 Å². The zero-order chi connectivity index (χ0) is 19.0. The van der Waals surface area contributed by atoms with Gasteiger partial charge in [0.05, 0.1) is 29.1 Å². The van der Waals surface area contributed by atoms with Crippen molar-refractivity contribution in [3.8, 4) is 11.1 Å². The summed E-state index contributed by atoms with van der Waals surface area (Å²) < 4.78 is 15.9. The molecule has 0 aliphatic carbocycles. The Balaban J connectivity index is 1.67. The average molecular weight is 386 g/mol. The highest BCUT2D eigenvalue weighted by atomic mass is 32.2. The lowest BCUT2D eigenvalue weighted by Crippen LogP contribution is -2.64. The molecule has 0 bridgehead atoms. The number of hydrogen-bond donors (Lipinski definition) is 2. The lowest BCUT2D eigenvalue weighted by molar-refractivity contribution is -0.124. The van der Waals surface area contributed by atoms with Gasteiger partial charge in [-0.25, -0.2) is 13.5 Å². The fraction of sp³-hybridized carbons (Fsp3) is 0.389. The van der Waals surface area contributed by atoms with Gasteiger partial charge in [0.2, 0.25) is 5.91 Å². The zero-order valence-electron chi connectivity index (χ0n) is 15.3. The van der Waals surface area contributed by atoms with Crippen LogP contribution in [-0.2, 0) is 21.3 Å². The fourth-order valence-corrected chi connectivity index (χ4v) is 4.73. The SMILES string of the molecule is CCS(=O)N1CC(CC(=O)NC)(n2cc(-c3ccnc4[nH]ccc34)cn2)C1. The van der Waals surface area contributed by atoms with Gasteiger partial charge < -0.3 is 10.3 Å². The third kappa shape index (κ3) is 3.06. The van der Waals surface area contributed by atoms with Crippen LogP contribution in [0.2, 0.25) is 0 Å². The van der Waals surface area contributed by atoms with E-state index in [-0.39, 0.29) is 5.91 Å². The minimum absolute atomic E-state index is 0.0501. The number of H-pyrrole nitrogens is 1.